The van der Waals surface area contributed by atoms with E-state index >= 15 is 0 Å². The van der Waals surface area contributed by atoms with E-state index in [-0.39, 0.29) is 6.04 Å². The van der Waals surface area contributed by atoms with Crippen molar-refractivity contribution in [2.24, 2.45) is 0 Å². The number of nitrogens with one attached hydrogen (secondary N) is 1. The molecule has 1 saturated heterocycles. The molecular weight excluding hydrogens is 280 g/mol. The van der Waals surface area contributed by atoms with Gasteiger partial charge in [-0.2, -0.15) is 12.7 Å². The summed E-state index contributed by atoms with van der Waals surface area (Å²) in [5.74, 6) is 0. The average molecular weight is 299 g/mol. The van der Waals surface area contributed by atoms with Crippen LogP contribution in [0.15, 0.2) is 0 Å². The molecule has 18 heavy (non-hydrogen) atoms. The zero-order valence-corrected chi connectivity index (χ0v) is 12.3. The third kappa shape index (κ3) is 5.41. The Morgan fingerprint density at radius 1 is 1.33 bits per heavy atom. The molecule has 1 aliphatic heterocycles. The average Bonchev–Trinajstić information content (AvgIpc) is 2.13. The highest BCUT2D eigenvalue weighted by atomic mass is 35.7. The molecule has 0 spiro atoms. The first-order chi connectivity index (χ1) is 8.08. The Morgan fingerprint density at radius 2 is 1.83 bits per heavy atom. The van der Waals surface area contributed by atoms with E-state index in [1.165, 1.54) is 4.31 Å². The zero-order valence-electron chi connectivity index (χ0n) is 10.8. The number of alkyl carbamates (subject to hydrolysis) is 1. The third-order valence-electron chi connectivity index (χ3n) is 2.48. The van der Waals surface area contributed by atoms with E-state index in [4.69, 9.17) is 15.4 Å². The van der Waals surface area contributed by atoms with Gasteiger partial charge in [0.05, 0.1) is 0 Å². The minimum Gasteiger partial charge on any atom is -0.444 e. The largest absolute Gasteiger partial charge is 0.444 e. The molecule has 1 aliphatic rings. The van der Waals surface area contributed by atoms with Crippen molar-refractivity contribution in [3.63, 3.8) is 0 Å². The predicted octanol–water partition coefficient (Wildman–Crippen LogP) is 1.46. The molecule has 8 heteroatoms. The summed E-state index contributed by atoms with van der Waals surface area (Å²) >= 11 is 0. The second kappa shape index (κ2) is 5.63. The number of carbonyl (C=O) groups excluding carboxylic acids is 1. The number of rotatable bonds is 2. The van der Waals surface area contributed by atoms with Gasteiger partial charge in [0.15, 0.2) is 0 Å². The Balaban J connectivity index is 2.38. The highest BCUT2D eigenvalue weighted by Gasteiger charge is 2.28. The van der Waals surface area contributed by atoms with Crippen molar-refractivity contribution in [2.75, 3.05) is 13.1 Å². The van der Waals surface area contributed by atoms with E-state index < -0.39 is 20.9 Å². The SMILES string of the molecule is CC(C)(C)OC(=O)NC1CCN(S(=O)(=O)Cl)CC1. The van der Waals surface area contributed by atoms with Crippen LogP contribution in [0.4, 0.5) is 4.79 Å². The van der Waals surface area contributed by atoms with Crippen molar-refractivity contribution in [2.45, 2.75) is 45.3 Å². The Hall–Kier alpha value is -0.530. The van der Waals surface area contributed by atoms with Gasteiger partial charge in [-0.05, 0) is 33.6 Å². The lowest BCUT2D eigenvalue weighted by molar-refractivity contribution is 0.0490. The summed E-state index contributed by atoms with van der Waals surface area (Å²) < 4.78 is 28.5. The van der Waals surface area contributed by atoms with E-state index in [1.807, 2.05) is 0 Å². The number of carbonyl (C=O) groups is 1. The first-order valence-electron chi connectivity index (χ1n) is 5.77. The van der Waals surface area contributed by atoms with Crippen molar-refractivity contribution < 1.29 is 17.9 Å². The van der Waals surface area contributed by atoms with Crippen molar-refractivity contribution in [3.8, 4) is 0 Å². The smallest absolute Gasteiger partial charge is 0.407 e. The summed E-state index contributed by atoms with van der Waals surface area (Å²) in [6.45, 7) is 5.98. The van der Waals surface area contributed by atoms with Crippen molar-refractivity contribution in [1.82, 2.24) is 9.62 Å². The molecule has 0 bridgehead atoms. The molecule has 1 fully saturated rings. The van der Waals surface area contributed by atoms with Crippen LogP contribution in [-0.4, -0.2) is 43.5 Å². The summed E-state index contributed by atoms with van der Waals surface area (Å²) in [6, 6.07) is -0.0745. The van der Waals surface area contributed by atoms with Crippen LogP contribution in [0.25, 0.3) is 0 Å². The van der Waals surface area contributed by atoms with Gasteiger partial charge in [-0.15, -0.1) is 0 Å². The molecule has 0 radical (unpaired) electrons. The molecule has 1 heterocycles. The van der Waals surface area contributed by atoms with Crippen LogP contribution < -0.4 is 5.32 Å². The molecule has 1 N–H and O–H groups in total. The number of hydrogen-bond donors (Lipinski definition) is 1. The molecule has 0 unspecified atom stereocenters. The normalized spacial score (nSPS) is 19.6. The molecule has 106 valence electrons. The highest BCUT2D eigenvalue weighted by Crippen LogP contribution is 2.17. The first kappa shape index (κ1) is 15.5. The lowest BCUT2D eigenvalue weighted by atomic mass is 10.1. The maximum Gasteiger partial charge on any atom is 0.407 e. The number of hydrogen-bond acceptors (Lipinski definition) is 4. The third-order valence-corrected chi connectivity index (χ3v) is 4.05. The Kier molecular flexibility index (Phi) is 4.85. The lowest BCUT2D eigenvalue weighted by Crippen LogP contribution is -2.46. The van der Waals surface area contributed by atoms with Crippen LogP contribution in [-0.2, 0) is 14.0 Å². The summed E-state index contributed by atoms with van der Waals surface area (Å²) in [6.07, 6.45) is 0.589. The molecule has 1 amide bonds. The Labute approximate surface area is 112 Å². The Morgan fingerprint density at radius 3 is 2.22 bits per heavy atom. The first-order valence-corrected chi connectivity index (χ1v) is 8.04. The van der Waals surface area contributed by atoms with E-state index in [1.54, 1.807) is 20.8 Å². The molecular formula is C10H19ClN2O4S. The van der Waals surface area contributed by atoms with Crippen LogP contribution in [0.5, 0.6) is 0 Å². The summed E-state index contributed by atoms with van der Waals surface area (Å²) in [7, 11) is 1.59. The summed E-state index contributed by atoms with van der Waals surface area (Å²) in [4.78, 5) is 11.5. The van der Waals surface area contributed by atoms with Crippen molar-refractivity contribution >= 4 is 26.0 Å². The monoisotopic (exact) mass is 298 g/mol. The second-order valence-corrected chi connectivity index (χ2v) is 7.77. The van der Waals surface area contributed by atoms with Gasteiger partial charge in [-0.25, -0.2) is 4.79 Å². The van der Waals surface area contributed by atoms with Crippen molar-refractivity contribution in [1.29, 1.82) is 0 Å². The van der Waals surface area contributed by atoms with E-state index in [0.29, 0.717) is 25.9 Å². The Bertz CT molecular complexity index is 397. The number of amides is 1. The van der Waals surface area contributed by atoms with Gasteiger partial charge in [0.2, 0.25) is 0 Å². The van der Waals surface area contributed by atoms with Gasteiger partial charge in [0, 0.05) is 29.8 Å². The van der Waals surface area contributed by atoms with Crippen LogP contribution in [0, 0.1) is 0 Å². The molecule has 6 nitrogen and oxygen atoms in total. The molecule has 0 aliphatic carbocycles. The maximum atomic E-state index is 11.5. The molecule has 0 saturated carbocycles. The minimum atomic E-state index is -3.64. The number of halogens is 1. The molecule has 0 aromatic heterocycles. The number of piperidine rings is 1. The van der Waals surface area contributed by atoms with Gasteiger partial charge < -0.3 is 10.1 Å². The van der Waals surface area contributed by atoms with Crippen LogP contribution in [0.3, 0.4) is 0 Å². The van der Waals surface area contributed by atoms with Gasteiger partial charge >= 0.3 is 6.09 Å². The van der Waals surface area contributed by atoms with E-state index in [2.05, 4.69) is 5.32 Å². The van der Waals surface area contributed by atoms with E-state index in [0.717, 1.165) is 0 Å². The molecule has 0 aromatic rings. The fraction of sp³-hybridized carbons (Fsp3) is 0.900. The highest BCUT2D eigenvalue weighted by molar-refractivity contribution is 8.11. The quantitative estimate of drug-likeness (QED) is 0.783. The fourth-order valence-corrected chi connectivity index (χ4v) is 2.75. The van der Waals surface area contributed by atoms with Gasteiger partial charge in [-0.3, -0.25) is 0 Å². The molecule has 0 aromatic carbocycles. The van der Waals surface area contributed by atoms with Crippen LogP contribution in [0.1, 0.15) is 33.6 Å². The van der Waals surface area contributed by atoms with Crippen LogP contribution in [0.2, 0.25) is 0 Å². The fourth-order valence-electron chi connectivity index (χ4n) is 1.69. The van der Waals surface area contributed by atoms with Crippen molar-refractivity contribution in [3.05, 3.63) is 0 Å². The maximum absolute atomic E-state index is 11.5. The van der Waals surface area contributed by atoms with Gasteiger partial charge in [0.25, 0.3) is 9.24 Å². The topological polar surface area (TPSA) is 75.7 Å². The lowest BCUT2D eigenvalue weighted by Gasteiger charge is -2.30. The predicted molar refractivity (Wildman–Crippen MR) is 68.7 cm³/mol. The number of nitrogens with zero attached hydrogens (tertiary/aromatic N) is 1. The number of ether oxygens (including phenoxy) is 1. The molecule has 1 rings (SSSR count). The standard InChI is InChI=1S/C10H19ClN2O4S/c1-10(2,3)17-9(14)12-8-4-6-13(7-5-8)18(11,15)16/h8H,4-7H2,1-3H3,(H,12,14). The summed E-state index contributed by atoms with van der Waals surface area (Å²) in [5, 5.41) is 2.72. The van der Waals surface area contributed by atoms with Gasteiger partial charge in [0.1, 0.15) is 5.60 Å². The summed E-state index contributed by atoms with van der Waals surface area (Å²) in [5.41, 5.74) is -0.537. The second-order valence-electron chi connectivity index (χ2n) is 5.26. The molecule has 0 atom stereocenters. The van der Waals surface area contributed by atoms with Gasteiger partial charge in [-0.1, -0.05) is 0 Å². The zero-order chi connectivity index (χ0) is 14.0. The van der Waals surface area contributed by atoms with E-state index in [9.17, 15) is 13.2 Å². The van der Waals surface area contributed by atoms with Crippen LogP contribution >= 0.6 is 10.7 Å². The minimum absolute atomic E-state index is 0.0745.